The zero-order valence-electron chi connectivity index (χ0n) is 9.04. The standard InChI is InChI=1S/C8H13N5O3S/c9-8(14)7-2-1-3-13(7)17(15,16)5-6-4-10-12-11-6/h4,7H,1-3,5H2,(H2,9,14)(H,10,11,12). The molecule has 1 aliphatic heterocycles. The summed E-state index contributed by atoms with van der Waals surface area (Å²) in [6.45, 7) is 0.331. The number of amides is 1. The molecule has 17 heavy (non-hydrogen) atoms. The van der Waals surface area contributed by atoms with Gasteiger partial charge in [-0.1, -0.05) is 5.21 Å². The van der Waals surface area contributed by atoms with Crippen LogP contribution in [0, 0.1) is 0 Å². The molecule has 8 nitrogen and oxygen atoms in total. The summed E-state index contributed by atoms with van der Waals surface area (Å²) in [5.74, 6) is -0.849. The first kappa shape index (κ1) is 12.0. The lowest BCUT2D eigenvalue weighted by molar-refractivity contribution is -0.121. The fourth-order valence-electron chi connectivity index (χ4n) is 1.93. The van der Waals surface area contributed by atoms with E-state index in [1.807, 2.05) is 0 Å². The number of carbonyl (C=O) groups excluding carboxylic acids is 1. The quantitative estimate of drug-likeness (QED) is 0.687. The topological polar surface area (TPSA) is 122 Å². The van der Waals surface area contributed by atoms with Crippen molar-refractivity contribution in [3.63, 3.8) is 0 Å². The maximum atomic E-state index is 12.1. The highest BCUT2D eigenvalue weighted by atomic mass is 32.2. The highest BCUT2D eigenvalue weighted by molar-refractivity contribution is 7.88. The van der Waals surface area contributed by atoms with Gasteiger partial charge in [-0.15, -0.1) is 5.10 Å². The lowest BCUT2D eigenvalue weighted by Gasteiger charge is -2.20. The first-order valence-corrected chi connectivity index (χ1v) is 6.75. The Hall–Kier alpha value is -1.48. The van der Waals surface area contributed by atoms with E-state index >= 15 is 0 Å². The minimum atomic E-state index is -3.56. The van der Waals surface area contributed by atoms with E-state index in [1.165, 1.54) is 6.20 Å². The molecule has 0 aromatic carbocycles. The number of rotatable bonds is 4. The van der Waals surface area contributed by atoms with Crippen molar-refractivity contribution in [3.8, 4) is 0 Å². The zero-order chi connectivity index (χ0) is 12.5. The second-order valence-corrected chi connectivity index (χ2v) is 5.83. The van der Waals surface area contributed by atoms with E-state index in [0.29, 0.717) is 25.1 Å². The predicted octanol–water partition coefficient (Wildman–Crippen LogP) is -1.42. The van der Waals surface area contributed by atoms with Gasteiger partial charge in [-0.2, -0.15) is 4.31 Å². The van der Waals surface area contributed by atoms with Crippen molar-refractivity contribution >= 4 is 15.9 Å². The molecule has 2 rings (SSSR count). The molecule has 1 aromatic rings. The van der Waals surface area contributed by atoms with Crippen molar-refractivity contribution in [2.24, 2.45) is 5.73 Å². The van der Waals surface area contributed by atoms with E-state index in [-0.39, 0.29) is 5.75 Å². The maximum Gasteiger partial charge on any atom is 0.235 e. The Morgan fingerprint density at radius 3 is 3.00 bits per heavy atom. The second kappa shape index (κ2) is 4.41. The van der Waals surface area contributed by atoms with E-state index in [1.54, 1.807) is 0 Å². The van der Waals surface area contributed by atoms with Gasteiger partial charge >= 0.3 is 0 Å². The summed E-state index contributed by atoms with van der Waals surface area (Å²) in [4.78, 5) is 11.1. The van der Waals surface area contributed by atoms with E-state index < -0.39 is 22.0 Å². The van der Waals surface area contributed by atoms with Gasteiger partial charge in [0.25, 0.3) is 0 Å². The van der Waals surface area contributed by atoms with Gasteiger partial charge in [-0.25, -0.2) is 8.42 Å². The highest BCUT2D eigenvalue weighted by Gasteiger charge is 2.37. The summed E-state index contributed by atoms with van der Waals surface area (Å²) >= 11 is 0. The third-order valence-electron chi connectivity index (χ3n) is 2.69. The molecule has 1 aromatic heterocycles. The fourth-order valence-corrected chi connectivity index (χ4v) is 3.63. The maximum absolute atomic E-state index is 12.1. The SMILES string of the molecule is NC(=O)C1CCCN1S(=O)(=O)Cc1cnn[nH]1. The summed E-state index contributed by atoms with van der Waals surface area (Å²) in [7, 11) is -3.56. The lowest BCUT2D eigenvalue weighted by Crippen LogP contribution is -2.44. The summed E-state index contributed by atoms with van der Waals surface area (Å²) < 4.78 is 25.3. The van der Waals surface area contributed by atoms with Crippen LogP contribution in [0.5, 0.6) is 0 Å². The predicted molar refractivity (Wildman–Crippen MR) is 57.9 cm³/mol. The van der Waals surface area contributed by atoms with Crippen molar-refractivity contribution in [2.45, 2.75) is 24.6 Å². The van der Waals surface area contributed by atoms with Crippen molar-refractivity contribution in [3.05, 3.63) is 11.9 Å². The molecule has 3 N–H and O–H groups in total. The second-order valence-electron chi connectivity index (χ2n) is 3.91. The smallest absolute Gasteiger partial charge is 0.235 e. The number of carbonyl (C=O) groups is 1. The molecule has 1 atom stereocenters. The fraction of sp³-hybridized carbons (Fsp3) is 0.625. The molecule has 2 heterocycles. The van der Waals surface area contributed by atoms with Gasteiger partial charge in [-0.3, -0.25) is 9.89 Å². The van der Waals surface area contributed by atoms with Crippen LogP contribution in [-0.4, -0.2) is 46.6 Å². The number of aromatic amines is 1. The van der Waals surface area contributed by atoms with Gasteiger partial charge in [0.2, 0.25) is 15.9 Å². The summed E-state index contributed by atoms with van der Waals surface area (Å²) in [6, 6.07) is -0.726. The molecule has 1 fully saturated rings. The van der Waals surface area contributed by atoms with Crippen LogP contribution < -0.4 is 5.73 Å². The van der Waals surface area contributed by atoms with Crippen molar-refractivity contribution in [1.82, 2.24) is 19.7 Å². The van der Waals surface area contributed by atoms with Crippen LogP contribution in [0.2, 0.25) is 0 Å². The Morgan fingerprint density at radius 1 is 1.65 bits per heavy atom. The van der Waals surface area contributed by atoms with Crippen molar-refractivity contribution in [2.75, 3.05) is 6.54 Å². The van der Waals surface area contributed by atoms with E-state index in [9.17, 15) is 13.2 Å². The molecule has 0 aliphatic carbocycles. The van der Waals surface area contributed by atoms with Gasteiger partial charge in [0.05, 0.1) is 11.9 Å². The molecule has 9 heteroatoms. The van der Waals surface area contributed by atoms with Crippen molar-refractivity contribution < 1.29 is 13.2 Å². The average Bonchev–Trinajstić information content (AvgIpc) is 2.84. The van der Waals surface area contributed by atoms with Crippen LogP contribution in [0.3, 0.4) is 0 Å². The van der Waals surface area contributed by atoms with E-state index in [0.717, 1.165) is 4.31 Å². The molecule has 1 aliphatic rings. The highest BCUT2D eigenvalue weighted by Crippen LogP contribution is 2.22. The number of hydrogen-bond donors (Lipinski definition) is 2. The van der Waals surface area contributed by atoms with Gasteiger partial charge in [-0.05, 0) is 12.8 Å². The van der Waals surface area contributed by atoms with Gasteiger partial charge in [0.1, 0.15) is 11.8 Å². The molecule has 0 bridgehead atoms. The van der Waals surface area contributed by atoms with E-state index in [4.69, 9.17) is 5.73 Å². The Morgan fingerprint density at radius 2 is 2.41 bits per heavy atom. The van der Waals surface area contributed by atoms with Gasteiger partial charge < -0.3 is 5.73 Å². The molecular weight excluding hydrogens is 246 g/mol. The van der Waals surface area contributed by atoms with E-state index in [2.05, 4.69) is 15.4 Å². The van der Waals surface area contributed by atoms with Crippen LogP contribution in [-0.2, 0) is 20.6 Å². The number of primary amides is 1. The molecule has 1 unspecified atom stereocenters. The molecule has 0 saturated carbocycles. The van der Waals surface area contributed by atoms with Crippen LogP contribution >= 0.6 is 0 Å². The first-order valence-electron chi connectivity index (χ1n) is 5.14. The minimum Gasteiger partial charge on any atom is -0.368 e. The Labute approximate surface area is 98.2 Å². The number of H-pyrrole nitrogens is 1. The largest absolute Gasteiger partial charge is 0.368 e. The Kier molecular flexibility index (Phi) is 3.11. The molecule has 1 saturated heterocycles. The van der Waals surface area contributed by atoms with Crippen LogP contribution in [0.4, 0.5) is 0 Å². The first-order chi connectivity index (χ1) is 8.00. The molecule has 0 radical (unpaired) electrons. The number of nitrogens with one attached hydrogen (secondary N) is 1. The summed E-state index contributed by atoms with van der Waals surface area (Å²) in [5, 5.41) is 9.42. The Balaban J connectivity index is 2.17. The zero-order valence-corrected chi connectivity index (χ0v) is 9.85. The van der Waals surface area contributed by atoms with Crippen LogP contribution in [0.25, 0.3) is 0 Å². The number of sulfonamides is 1. The monoisotopic (exact) mass is 259 g/mol. The lowest BCUT2D eigenvalue weighted by atomic mass is 10.2. The average molecular weight is 259 g/mol. The van der Waals surface area contributed by atoms with Crippen molar-refractivity contribution in [1.29, 1.82) is 0 Å². The van der Waals surface area contributed by atoms with Gasteiger partial charge in [0, 0.05) is 6.54 Å². The molecular formula is C8H13N5O3S. The van der Waals surface area contributed by atoms with Crippen LogP contribution in [0.15, 0.2) is 6.20 Å². The Bertz CT molecular complexity index is 497. The third kappa shape index (κ3) is 2.44. The van der Waals surface area contributed by atoms with Gasteiger partial charge in [0.15, 0.2) is 0 Å². The molecule has 0 spiro atoms. The minimum absolute atomic E-state index is 0.246. The number of nitrogens with zero attached hydrogens (tertiary/aromatic N) is 3. The third-order valence-corrected chi connectivity index (χ3v) is 4.52. The number of nitrogens with two attached hydrogens (primary N) is 1. The summed E-state index contributed by atoms with van der Waals surface area (Å²) in [5.41, 5.74) is 5.57. The molecule has 94 valence electrons. The number of aromatic nitrogens is 3. The summed E-state index contributed by atoms with van der Waals surface area (Å²) in [6.07, 6.45) is 2.47. The number of hydrogen-bond acceptors (Lipinski definition) is 5. The normalized spacial score (nSPS) is 21.8. The van der Waals surface area contributed by atoms with Crippen LogP contribution in [0.1, 0.15) is 18.5 Å². The molecule has 1 amide bonds.